The first-order valence-electron chi connectivity index (χ1n) is 5.89. The summed E-state index contributed by atoms with van der Waals surface area (Å²) in [6, 6.07) is 6.42. The Labute approximate surface area is 111 Å². The van der Waals surface area contributed by atoms with Gasteiger partial charge >= 0.3 is 5.97 Å². The van der Waals surface area contributed by atoms with Crippen LogP contribution in [0.2, 0.25) is 0 Å². The first-order valence-corrected chi connectivity index (χ1v) is 7.05. The van der Waals surface area contributed by atoms with Crippen molar-refractivity contribution in [2.24, 2.45) is 0 Å². The summed E-state index contributed by atoms with van der Waals surface area (Å²) in [5.41, 5.74) is 0.277. The molecule has 1 aliphatic heterocycles. The van der Waals surface area contributed by atoms with Crippen molar-refractivity contribution < 1.29 is 14.7 Å². The minimum atomic E-state index is -1.08. The molecule has 1 aromatic carbocycles. The van der Waals surface area contributed by atoms with E-state index in [-0.39, 0.29) is 23.1 Å². The molecule has 0 radical (unpaired) electrons. The third-order valence-corrected chi connectivity index (χ3v) is 3.65. The molecule has 1 fully saturated rings. The van der Waals surface area contributed by atoms with Gasteiger partial charge in [-0.3, -0.25) is 4.79 Å². The van der Waals surface area contributed by atoms with Crippen LogP contribution in [0.15, 0.2) is 24.3 Å². The molecule has 1 aromatic rings. The Morgan fingerprint density at radius 1 is 1.22 bits per heavy atom. The SMILES string of the molecule is CC.O=C(O)c1ccccc1C(=O)NC1CSC1. The number of thioether (sulfide) groups is 1. The van der Waals surface area contributed by atoms with Gasteiger partial charge in [0.15, 0.2) is 0 Å². The number of benzene rings is 1. The monoisotopic (exact) mass is 267 g/mol. The van der Waals surface area contributed by atoms with Crippen LogP contribution < -0.4 is 5.32 Å². The highest BCUT2D eigenvalue weighted by atomic mass is 32.2. The fourth-order valence-corrected chi connectivity index (χ4v) is 2.09. The van der Waals surface area contributed by atoms with Gasteiger partial charge in [0.2, 0.25) is 0 Å². The van der Waals surface area contributed by atoms with E-state index in [0.717, 1.165) is 11.5 Å². The first-order chi connectivity index (χ1) is 8.68. The van der Waals surface area contributed by atoms with Gasteiger partial charge in [0.25, 0.3) is 5.91 Å². The molecule has 0 saturated carbocycles. The lowest BCUT2D eigenvalue weighted by atomic mass is 10.1. The topological polar surface area (TPSA) is 66.4 Å². The quantitative estimate of drug-likeness (QED) is 0.881. The van der Waals surface area contributed by atoms with E-state index in [9.17, 15) is 9.59 Å². The molecule has 98 valence electrons. The van der Waals surface area contributed by atoms with E-state index < -0.39 is 5.97 Å². The number of hydrogen-bond acceptors (Lipinski definition) is 3. The van der Waals surface area contributed by atoms with Crippen LogP contribution in [0.1, 0.15) is 34.6 Å². The van der Waals surface area contributed by atoms with Gasteiger partial charge in [-0.25, -0.2) is 4.79 Å². The highest BCUT2D eigenvalue weighted by Gasteiger charge is 2.23. The number of carbonyl (C=O) groups is 2. The Hall–Kier alpha value is -1.49. The molecule has 1 heterocycles. The van der Waals surface area contributed by atoms with E-state index in [1.165, 1.54) is 12.1 Å². The van der Waals surface area contributed by atoms with Crippen LogP contribution in [-0.4, -0.2) is 34.5 Å². The predicted molar refractivity (Wildman–Crippen MR) is 73.3 cm³/mol. The Balaban J connectivity index is 0.000000771. The van der Waals surface area contributed by atoms with Gasteiger partial charge < -0.3 is 10.4 Å². The van der Waals surface area contributed by atoms with Crippen molar-refractivity contribution >= 4 is 23.6 Å². The molecule has 0 aromatic heterocycles. The van der Waals surface area contributed by atoms with Crippen molar-refractivity contribution in [3.63, 3.8) is 0 Å². The number of aromatic carboxylic acids is 1. The summed E-state index contributed by atoms with van der Waals surface area (Å²) in [5.74, 6) is 0.430. The molecule has 0 unspecified atom stereocenters. The number of carboxylic acid groups (broad SMARTS) is 1. The van der Waals surface area contributed by atoms with E-state index in [1.807, 2.05) is 13.8 Å². The molecule has 1 aliphatic rings. The van der Waals surface area contributed by atoms with Crippen molar-refractivity contribution in [2.75, 3.05) is 11.5 Å². The molecule has 0 bridgehead atoms. The molecular weight excluding hydrogens is 250 g/mol. The van der Waals surface area contributed by atoms with Crippen molar-refractivity contribution in [3.8, 4) is 0 Å². The Morgan fingerprint density at radius 3 is 2.22 bits per heavy atom. The maximum absolute atomic E-state index is 11.8. The summed E-state index contributed by atoms with van der Waals surface area (Å²) in [6.45, 7) is 4.00. The lowest BCUT2D eigenvalue weighted by molar-refractivity contribution is 0.0690. The predicted octanol–water partition coefficient (Wildman–Crippen LogP) is 2.26. The molecule has 0 aliphatic carbocycles. The van der Waals surface area contributed by atoms with E-state index in [0.29, 0.717) is 0 Å². The highest BCUT2D eigenvalue weighted by Crippen LogP contribution is 2.18. The largest absolute Gasteiger partial charge is 0.478 e. The van der Waals surface area contributed by atoms with Crippen LogP contribution in [-0.2, 0) is 0 Å². The summed E-state index contributed by atoms with van der Waals surface area (Å²) in [7, 11) is 0. The minimum absolute atomic E-state index is 0.0481. The fourth-order valence-electron chi connectivity index (χ4n) is 1.45. The molecule has 4 nitrogen and oxygen atoms in total. The number of carboxylic acids is 1. The lowest BCUT2D eigenvalue weighted by Crippen LogP contribution is -2.44. The van der Waals surface area contributed by atoms with Crippen LogP contribution in [0.3, 0.4) is 0 Å². The first kappa shape index (κ1) is 14.6. The molecule has 18 heavy (non-hydrogen) atoms. The molecule has 5 heteroatoms. The smallest absolute Gasteiger partial charge is 0.336 e. The van der Waals surface area contributed by atoms with Crippen molar-refractivity contribution in [1.82, 2.24) is 5.32 Å². The van der Waals surface area contributed by atoms with E-state index >= 15 is 0 Å². The Kier molecular flexibility index (Phi) is 5.71. The van der Waals surface area contributed by atoms with Gasteiger partial charge in [0.05, 0.1) is 11.1 Å². The van der Waals surface area contributed by atoms with Crippen molar-refractivity contribution in [2.45, 2.75) is 19.9 Å². The summed E-state index contributed by atoms with van der Waals surface area (Å²) in [4.78, 5) is 22.7. The van der Waals surface area contributed by atoms with Crippen molar-refractivity contribution in [3.05, 3.63) is 35.4 Å². The fraction of sp³-hybridized carbons (Fsp3) is 0.385. The second kappa shape index (κ2) is 7.06. The van der Waals surface area contributed by atoms with Gasteiger partial charge in [-0.05, 0) is 12.1 Å². The average Bonchev–Trinajstić information content (AvgIpc) is 2.36. The Morgan fingerprint density at radius 2 is 1.78 bits per heavy atom. The van der Waals surface area contributed by atoms with Crippen molar-refractivity contribution in [1.29, 1.82) is 0 Å². The second-order valence-electron chi connectivity index (χ2n) is 3.56. The maximum atomic E-state index is 11.8. The zero-order chi connectivity index (χ0) is 13.5. The summed E-state index contributed by atoms with van der Waals surface area (Å²) in [5, 5.41) is 11.7. The van der Waals surface area contributed by atoms with E-state index in [2.05, 4.69) is 5.32 Å². The van der Waals surface area contributed by atoms with Gasteiger partial charge in [0.1, 0.15) is 0 Å². The highest BCUT2D eigenvalue weighted by molar-refractivity contribution is 8.00. The van der Waals surface area contributed by atoms with Gasteiger partial charge in [-0.1, -0.05) is 26.0 Å². The van der Waals surface area contributed by atoms with Crippen LogP contribution in [0.5, 0.6) is 0 Å². The molecule has 0 spiro atoms. The number of rotatable bonds is 3. The number of amides is 1. The van der Waals surface area contributed by atoms with Crippen LogP contribution in [0.4, 0.5) is 0 Å². The third kappa shape index (κ3) is 3.50. The van der Waals surface area contributed by atoms with Gasteiger partial charge in [0, 0.05) is 17.5 Å². The van der Waals surface area contributed by atoms with E-state index in [1.54, 1.807) is 23.9 Å². The average molecular weight is 267 g/mol. The molecule has 1 amide bonds. The van der Waals surface area contributed by atoms with Crippen LogP contribution in [0, 0.1) is 0 Å². The van der Waals surface area contributed by atoms with E-state index in [4.69, 9.17) is 5.11 Å². The number of hydrogen-bond donors (Lipinski definition) is 2. The number of nitrogens with one attached hydrogen (secondary N) is 1. The normalized spacial score (nSPS) is 13.9. The Bertz CT molecular complexity index is 430. The zero-order valence-corrected chi connectivity index (χ0v) is 11.3. The lowest BCUT2D eigenvalue weighted by Gasteiger charge is -2.26. The summed E-state index contributed by atoms with van der Waals surface area (Å²) >= 11 is 1.76. The summed E-state index contributed by atoms with van der Waals surface area (Å²) < 4.78 is 0. The second-order valence-corrected chi connectivity index (χ2v) is 4.63. The third-order valence-electron chi connectivity index (χ3n) is 2.38. The number of carbonyl (C=O) groups excluding carboxylic acids is 1. The summed E-state index contributed by atoms with van der Waals surface area (Å²) in [6.07, 6.45) is 0. The molecule has 0 atom stereocenters. The van der Waals surface area contributed by atoms with Gasteiger partial charge in [-0.15, -0.1) is 0 Å². The molecular formula is C13H17NO3S. The minimum Gasteiger partial charge on any atom is -0.478 e. The van der Waals surface area contributed by atoms with Crippen LogP contribution in [0.25, 0.3) is 0 Å². The molecule has 1 saturated heterocycles. The van der Waals surface area contributed by atoms with Crippen LogP contribution >= 0.6 is 11.8 Å². The standard InChI is InChI=1S/C11H11NO3S.C2H6/c13-10(12-7-5-16-6-7)8-3-1-2-4-9(8)11(14)15;1-2/h1-4,7H,5-6H2,(H,12,13)(H,14,15);1-2H3. The van der Waals surface area contributed by atoms with Gasteiger partial charge in [-0.2, -0.15) is 11.8 Å². The zero-order valence-electron chi connectivity index (χ0n) is 10.5. The molecule has 2 rings (SSSR count). The molecule has 2 N–H and O–H groups in total. The maximum Gasteiger partial charge on any atom is 0.336 e.